The summed E-state index contributed by atoms with van der Waals surface area (Å²) in [5.74, 6) is 2.03. The lowest BCUT2D eigenvalue weighted by Gasteiger charge is -2.10. The average Bonchev–Trinajstić information content (AvgIpc) is 2.46. The molecular formula is C16H20N2O2. The molecule has 0 saturated heterocycles. The lowest BCUT2D eigenvalue weighted by Crippen LogP contribution is -2.04. The predicted octanol–water partition coefficient (Wildman–Crippen LogP) is 3.21. The molecule has 2 rings (SSSR count). The number of aromatic nitrogens is 1. The number of nitrogen functional groups attached to an aromatic ring is 1. The van der Waals surface area contributed by atoms with E-state index in [1.165, 1.54) is 0 Å². The van der Waals surface area contributed by atoms with Crippen molar-refractivity contribution in [3.8, 4) is 11.5 Å². The van der Waals surface area contributed by atoms with Gasteiger partial charge in [-0.05, 0) is 43.5 Å². The summed E-state index contributed by atoms with van der Waals surface area (Å²) in [6.45, 7) is 3.35. The Kier molecular flexibility index (Phi) is 5.24. The molecule has 0 atom stereocenters. The Balaban J connectivity index is 1.63. The van der Waals surface area contributed by atoms with Gasteiger partial charge in [0, 0.05) is 6.20 Å². The molecule has 2 aromatic rings. The fourth-order valence-corrected chi connectivity index (χ4v) is 1.81. The largest absolute Gasteiger partial charge is 0.493 e. The summed E-state index contributed by atoms with van der Waals surface area (Å²) in [6, 6.07) is 11.7. The van der Waals surface area contributed by atoms with Gasteiger partial charge in [-0.2, -0.15) is 0 Å². The third-order valence-electron chi connectivity index (χ3n) is 2.95. The third kappa shape index (κ3) is 4.16. The first-order valence-electron chi connectivity index (χ1n) is 6.79. The van der Waals surface area contributed by atoms with E-state index in [9.17, 15) is 0 Å². The average molecular weight is 272 g/mol. The van der Waals surface area contributed by atoms with Gasteiger partial charge in [-0.25, -0.2) is 4.98 Å². The highest BCUT2D eigenvalue weighted by Crippen LogP contribution is 2.18. The van der Waals surface area contributed by atoms with E-state index in [0.717, 1.165) is 24.2 Å². The number of anilines is 1. The van der Waals surface area contributed by atoms with Crippen LogP contribution in [-0.4, -0.2) is 18.2 Å². The van der Waals surface area contributed by atoms with Gasteiger partial charge < -0.3 is 15.2 Å². The summed E-state index contributed by atoms with van der Waals surface area (Å²) in [4.78, 5) is 3.97. The highest BCUT2D eigenvalue weighted by atomic mass is 16.5. The van der Waals surface area contributed by atoms with Gasteiger partial charge >= 0.3 is 0 Å². The van der Waals surface area contributed by atoms with Crippen LogP contribution in [0, 0.1) is 6.92 Å². The van der Waals surface area contributed by atoms with E-state index in [1.54, 1.807) is 6.20 Å². The second kappa shape index (κ2) is 7.38. The van der Waals surface area contributed by atoms with Crippen molar-refractivity contribution in [3.63, 3.8) is 0 Å². The molecule has 0 spiro atoms. The summed E-state index contributed by atoms with van der Waals surface area (Å²) in [5.41, 5.74) is 6.85. The Hall–Kier alpha value is -2.23. The highest BCUT2D eigenvalue weighted by molar-refractivity contribution is 5.44. The van der Waals surface area contributed by atoms with Crippen molar-refractivity contribution in [3.05, 3.63) is 48.2 Å². The zero-order valence-electron chi connectivity index (χ0n) is 11.7. The first-order valence-corrected chi connectivity index (χ1v) is 6.79. The Bertz CT molecular complexity index is 494. The molecule has 4 heteroatoms. The number of ether oxygens (including phenoxy) is 2. The van der Waals surface area contributed by atoms with Gasteiger partial charge in [0.25, 0.3) is 0 Å². The van der Waals surface area contributed by atoms with Gasteiger partial charge in [0.15, 0.2) is 11.6 Å². The molecule has 1 aromatic carbocycles. The van der Waals surface area contributed by atoms with Gasteiger partial charge in [0.2, 0.25) is 0 Å². The number of hydrogen-bond acceptors (Lipinski definition) is 4. The van der Waals surface area contributed by atoms with Gasteiger partial charge in [0.1, 0.15) is 5.75 Å². The van der Waals surface area contributed by atoms with Crippen molar-refractivity contribution in [1.82, 2.24) is 4.98 Å². The van der Waals surface area contributed by atoms with Crippen molar-refractivity contribution in [2.75, 3.05) is 18.9 Å². The number of nitrogens with two attached hydrogens (primary N) is 1. The Labute approximate surface area is 119 Å². The number of aryl methyl sites for hydroxylation is 1. The van der Waals surface area contributed by atoms with Crippen molar-refractivity contribution < 1.29 is 9.47 Å². The van der Waals surface area contributed by atoms with Crippen LogP contribution in [0.1, 0.15) is 18.4 Å². The van der Waals surface area contributed by atoms with Crippen LogP contribution in [0.2, 0.25) is 0 Å². The second-order valence-corrected chi connectivity index (χ2v) is 4.56. The number of rotatable bonds is 7. The molecule has 4 nitrogen and oxygen atoms in total. The van der Waals surface area contributed by atoms with E-state index >= 15 is 0 Å². The van der Waals surface area contributed by atoms with E-state index in [1.807, 2.05) is 43.3 Å². The Morgan fingerprint density at radius 1 is 0.950 bits per heavy atom. The van der Waals surface area contributed by atoms with Crippen LogP contribution in [0.15, 0.2) is 42.6 Å². The summed E-state index contributed by atoms with van der Waals surface area (Å²) >= 11 is 0. The van der Waals surface area contributed by atoms with Gasteiger partial charge in [0.05, 0.1) is 13.2 Å². The number of benzene rings is 1. The molecule has 0 saturated carbocycles. The van der Waals surface area contributed by atoms with Crippen LogP contribution >= 0.6 is 0 Å². The molecule has 0 unspecified atom stereocenters. The molecule has 0 aliphatic rings. The maximum absolute atomic E-state index is 5.72. The van der Waals surface area contributed by atoms with Gasteiger partial charge in [-0.3, -0.25) is 0 Å². The van der Waals surface area contributed by atoms with Crippen LogP contribution in [0.25, 0.3) is 0 Å². The fourth-order valence-electron chi connectivity index (χ4n) is 1.81. The van der Waals surface area contributed by atoms with Crippen LogP contribution in [0.3, 0.4) is 0 Å². The molecule has 106 valence electrons. The quantitative estimate of drug-likeness (QED) is 0.786. The fraction of sp³-hybridized carbons (Fsp3) is 0.312. The SMILES string of the molecule is Cc1ccccc1OCCCCOc1cccnc1N. The second-order valence-electron chi connectivity index (χ2n) is 4.56. The first kappa shape index (κ1) is 14.2. The molecule has 0 bridgehead atoms. The topological polar surface area (TPSA) is 57.4 Å². The van der Waals surface area contributed by atoms with E-state index in [0.29, 0.717) is 24.8 Å². The van der Waals surface area contributed by atoms with Crippen LogP contribution < -0.4 is 15.2 Å². The van der Waals surface area contributed by atoms with Crippen LogP contribution in [0.4, 0.5) is 5.82 Å². The minimum Gasteiger partial charge on any atom is -0.493 e. The van der Waals surface area contributed by atoms with Crippen LogP contribution in [-0.2, 0) is 0 Å². The van der Waals surface area contributed by atoms with Crippen molar-refractivity contribution >= 4 is 5.82 Å². The van der Waals surface area contributed by atoms with E-state index in [-0.39, 0.29) is 0 Å². The van der Waals surface area contributed by atoms with Crippen LogP contribution in [0.5, 0.6) is 11.5 Å². The molecular weight excluding hydrogens is 252 g/mol. The molecule has 0 aliphatic carbocycles. The van der Waals surface area contributed by atoms with Crippen molar-refractivity contribution in [2.24, 2.45) is 0 Å². The summed E-state index contributed by atoms with van der Waals surface area (Å²) in [6.07, 6.45) is 3.51. The Morgan fingerprint density at radius 3 is 2.30 bits per heavy atom. The van der Waals surface area contributed by atoms with Gasteiger partial charge in [-0.1, -0.05) is 18.2 Å². The zero-order valence-corrected chi connectivity index (χ0v) is 11.7. The van der Waals surface area contributed by atoms with Gasteiger partial charge in [-0.15, -0.1) is 0 Å². The molecule has 1 heterocycles. The monoisotopic (exact) mass is 272 g/mol. The molecule has 0 aliphatic heterocycles. The van der Waals surface area contributed by atoms with Crippen molar-refractivity contribution in [2.45, 2.75) is 19.8 Å². The predicted molar refractivity (Wildman–Crippen MR) is 80.1 cm³/mol. The lowest BCUT2D eigenvalue weighted by molar-refractivity contribution is 0.266. The minimum absolute atomic E-state index is 0.434. The maximum atomic E-state index is 5.72. The molecule has 1 aromatic heterocycles. The number of nitrogens with zero attached hydrogens (tertiary/aromatic N) is 1. The number of para-hydroxylation sites is 1. The molecule has 0 amide bonds. The number of unbranched alkanes of at least 4 members (excludes halogenated alkanes) is 1. The summed E-state index contributed by atoms with van der Waals surface area (Å²) < 4.78 is 11.3. The summed E-state index contributed by atoms with van der Waals surface area (Å²) in [5, 5.41) is 0. The van der Waals surface area contributed by atoms with E-state index in [4.69, 9.17) is 15.2 Å². The van der Waals surface area contributed by atoms with Crippen molar-refractivity contribution in [1.29, 1.82) is 0 Å². The minimum atomic E-state index is 0.434. The standard InChI is InChI=1S/C16H20N2O2/c1-13-7-2-3-8-14(13)19-11-4-5-12-20-15-9-6-10-18-16(15)17/h2-3,6-10H,4-5,11-12H2,1H3,(H2,17,18). The molecule has 0 radical (unpaired) electrons. The number of hydrogen-bond donors (Lipinski definition) is 1. The first-order chi connectivity index (χ1) is 9.77. The maximum Gasteiger partial charge on any atom is 0.166 e. The smallest absolute Gasteiger partial charge is 0.166 e. The Morgan fingerprint density at radius 2 is 1.60 bits per heavy atom. The third-order valence-corrected chi connectivity index (χ3v) is 2.95. The van der Waals surface area contributed by atoms with E-state index < -0.39 is 0 Å². The zero-order chi connectivity index (χ0) is 14.2. The molecule has 2 N–H and O–H groups in total. The summed E-state index contributed by atoms with van der Waals surface area (Å²) in [7, 11) is 0. The molecule has 20 heavy (non-hydrogen) atoms. The molecule has 0 fully saturated rings. The highest BCUT2D eigenvalue weighted by Gasteiger charge is 2.00. The van der Waals surface area contributed by atoms with E-state index in [2.05, 4.69) is 4.98 Å². The normalized spacial score (nSPS) is 10.2. The lowest BCUT2D eigenvalue weighted by atomic mass is 10.2. The number of pyridine rings is 1.